The van der Waals surface area contributed by atoms with Gasteiger partial charge in [0.25, 0.3) is 0 Å². The SMILES string of the molecule is CCCCCCCCCCC/C=C/CCCCCC(CC(=O)NC(CO)C(O)CCCCCCCCCCCCCCC)OC(=O)CCCCCCCCCCCCCC. The first-order valence-corrected chi connectivity index (χ1v) is 26.9. The fourth-order valence-corrected chi connectivity index (χ4v) is 8.49. The van der Waals surface area contributed by atoms with E-state index in [2.05, 4.69) is 38.2 Å². The second-order valence-corrected chi connectivity index (χ2v) is 18.6. The smallest absolute Gasteiger partial charge is 0.306 e. The Labute approximate surface area is 374 Å². The van der Waals surface area contributed by atoms with Crippen molar-refractivity contribution < 1.29 is 24.5 Å². The second-order valence-electron chi connectivity index (χ2n) is 18.6. The van der Waals surface area contributed by atoms with E-state index in [1.54, 1.807) is 0 Å². The number of unbranched alkanes of at least 4 members (excludes halogenated alkanes) is 35. The molecule has 0 spiro atoms. The Hall–Kier alpha value is -1.40. The highest BCUT2D eigenvalue weighted by molar-refractivity contribution is 5.77. The van der Waals surface area contributed by atoms with E-state index in [-0.39, 0.29) is 24.9 Å². The van der Waals surface area contributed by atoms with Crippen LogP contribution in [0.1, 0.15) is 297 Å². The fraction of sp³-hybridized carbons (Fsp3) is 0.926. The van der Waals surface area contributed by atoms with E-state index >= 15 is 0 Å². The third kappa shape index (κ3) is 43.3. The van der Waals surface area contributed by atoms with Crippen LogP contribution in [-0.2, 0) is 14.3 Å². The number of carbonyl (C=O) groups is 2. The van der Waals surface area contributed by atoms with Crippen LogP contribution < -0.4 is 5.32 Å². The van der Waals surface area contributed by atoms with E-state index in [0.29, 0.717) is 19.3 Å². The minimum atomic E-state index is -0.785. The van der Waals surface area contributed by atoms with Gasteiger partial charge in [0.15, 0.2) is 0 Å². The summed E-state index contributed by atoms with van der Waals surface area (Å²) < 4.78 is 5.94. The summed E-state index contributed by atoms with van der Waals surface area (Å²) in [5.74, 6) is -0.471. The average molecular weight is 848 g/mol. The second kappa shape index (κ2) is 48.6. The van der Waals surface area contributed by atoms with Crippen molar-refractivity contribution in [2.45, 2.75) is 315 Å². The standard InChI is InChI=1S/C54H105NO5/c1-4-7-10-13-16-19-22-25-26-27-29-30-33-36-39-42-45-50(60-54(59)47-44-41-38-35-32-24-21-18-15-12-9-6-3)48-53(58)55-51(49-56)52(57)46-43-40-37-34-31-28-23-20-17-14-11-8-5-2/h29-30,50-52,56-57H,4-28,31-49H2,1-3H3,(H,55,58)/b30-29+. The third-order valence-corrected chi connectivity index (χ3v) is 12.6. The van der Waals surface area contributed by atoms with Crippen molar-refractivity contribution in [1.82, 2.24) is 5.32 Å². The summed E-state index contributed by atoms with van der Waals surface area (Å²) in [5, 5.41) is 23.8. The van der Waals surface area contributed by atoms with Gasteiger partial charge in [0, 0.05) is 6.42 Å². The van der Waals surface area contributed by atoms with Crippen LogP contribution in [0.25, 0.3) is 0 Å². The Bertz CT molecular complexity index is 909. The molecule has 0 aromatic rings. The first-order valence-electron chi connectivity index (χ1n) is 26.9. The van der Waals surface area contributed by atoms with Gasteiger partial charge in [-0.1, -0.05) is 245 Å². The zero-order valence-electron chi connectivity index (χ0n) is 40.6. The molecule has 3 N–H and O–H groups in total. The summed E-state index contributed by atoms with van der Waals surface area (Å²) in [6, 6.07) is -0.699. The molecule has 1 amide bonds. The van der Waals surface area contributed by atoms with Gasteiger partial charge < -0.3 is 20.3 Å². The fourth-order valence-electron chi connectivity index (χ4n) is 8.49. The van der Waals surface area contributed by atoms with Gasteiger partial charge in [0.2, 0.25) is 5.91 Å². The molecule has 0 aliphatic rings. The molecule has 0 heterocycles. The highest BCUT2D eigenvalue weighted by Gasteiger charge is 2.24. The quantitative estimate of drug-likeness (QED) is 0.0322. The number of aliphatic hydroxyl groups excluding tert-OH is 2. The van der Waals surface area contributed by atoms with Gasteiger partial charge in [-0.3, -0.25) is 9.59 Å². The highest BCUT2D eigenvalue weighted by atomic mass is 16.5. The predicted octanol–water partition coefficient (Wildman–Crippen LogP) is 16.1. The Morgan fingerprint density at radius 3 is 1.20 bits per heavy atom. The van der Waals surface area contributed by atoms with E-state index in [1.165, 1.54) is 193 Å². The van der Waals surface area contributed by atoms with Crippen molar-refractivity contribution in [1.29, 1.82) is 0 Å². The Kier molecular flexibility index (Phi) is 47.5. The average Bonchev–Trinajstić information content (AvgIpc) is 3.24. The number of amides is 1. The molecule has 0 aliphatic heterocycles. The normalized spacial score (nSPS) is 13.2. The molecule has 0 aliphatic carbocycles. The van der Waals surface area contributed by atoms with E-state index < -0.39 is 18.2 Å². The van der Waals surface area contributed by atoms with Gasteiger partial charge in [-0.05, 0) is 51.4 Å². The summed E-state index contributed by atoms with van der Waals surface area (Å²) in [5.41, 5.74) is 0. The lowest BCUT2D eigenvalue weighted by Gasteiger charge is -2.24. The van der Waals surface area contributed by atoms with Crippen LogP contribution in [0.2, 0.25) is 0 Å². The molecular weight excluding hydrogens is 743 g/mol. The van der Waals surface area contributed by atoms with Crippen LogP contribution in [0.5, 0.6) is 0 Å². The van der Waals surface area contributed by atoms with Crippen molar-refractivity contribution in [3.63, 3.8) is 0 Å². The molecule has 0 rings (SSSR count). The Balaban J connectivity index is 4.55. The molecule has 0 aromatic heterocycles. The van der Waals surface area contributed by atoms with Crippen molar-refractivity contribution in [2.75, 3.05) is 6.61 Å². The number of hydrogen-bond acceptors (Lipinski definition) is 5. The van der Waals surface area contributed by atoms with Crippen molar-refractivity contribution in [3.05, 3.63) is 12.2 Å². The van der Waals surface area contributed by atoms with Crippen molar-refractivity contribution in [3.8, 4) is 0 Å². The van der Waals surface area contributed by atoms with Crippen molar-refractivity contribution >= 4 is 11.9 Å². The van der Waals surface area contributed by atoms with Crippen LogP contribution in [0.3, 0.4) is 0 Å². The van der Waals surface area contributed by atoms with Crippen LogP contribution in [0.15, 0.2) is 12.2 Å². The monoisotopic (exact) mass is 848 g/mol. The van der Waals surface area contributed by atoms with Gasteiger partial charge in [0.05, 0.1) is 25.2 Å². The lowest BCUT2D eigenvalue weighted by atomic mass is 10.0. The number of esters is 1. The summed E-state index contributed by atoms with van der Waals surface area (Å²) >= 11 is 0. The lowest BCUT2D eigenvalue weighted by molar-refractivity contribution is -0.151. The number of allylic oxidation sites excluding steroid dienone is 2. The molecule has 6 nitrogen and oxygen atoms in total. The summed E-state index contributed by atoms with van der Waals surface area (Å²) in [6.45, 7) is 6.50. The largest absolute Gasteiger partial charge is 0.462 e. The summed E-state index contributed by atoms with van der Waals surface area (Å²) in [4.78, 5) is 26.1. The van der Waals surface area contributed by atoms with Crippen LogP contribution in [0, 0.1) is 0 Å². The van der Waals surface area contributed by atoms with E-state index in [9.17, 15) is 19.8 Å². The van der Waals surface area contributed by atoms with E-state index in [4.69, 9.17) is 4.74 Å². The number of hydrogen-bond donors (Lipinski definition) is 3. The molecular formula is C54H105NO5. The zero-order valence-corrected chi connectivity index (χ0v) is 40.6. The van der Waals surface area contributed by atoms with Crippen LogP contribution >= 0.6 is 0 Å². The summed E-state index contributed by atoms with van der Waals surface area (Å²) in [6.07, 6.45) is 54.1. The molecule has 60 heavy (non-hydrogen) atoms. The molecule has 0 bridgehead atoms. The third-order valence-electron chi connectivity index (χ3n) is 12.6. The Morgan fingerprint density at radius 2 is 0.800 bits per heavy atom. The Morgan fingerprint density at radius 1 is 0.467 bits per heavy atom. The lowest BCUT2D eigenvalue weighted by Crippen LogP contribution is -2.46. The van der Waals surface area contributed by atoms with E-state index in [0.717, 1.165) is 57.8 Å². The number of aliphatic hydroxyl groups is 2. The van der Waals surface area contributed by atoms with Crippen LogP contribution in [-0.4, -0.2) is 46.9 Å². The number of rotatable bonds is 49. The van der Waals surface area contributed by atoms with Gasteiger partial charge in [-0.25, -0.2) is 0 Å². The van der Waals surface area contributed by atoms with Gasteiger partial charge in [-0.15, -0.1) is 0 Å². The van der Waals surface area contributed by atoms with Gasteiger partial charge >= 0.3 is 5.97 Å². The number of nitrogens with one attached hydrogen (secondary N) is 1. The summed E-state index contributed by atoms with van der Waals surface area (Å²) in [7, 11) is 0. The maximum absolute atomic E-state index is 13.2. The highest BCUT2D eigenvalue weighted by Crippen LogP contribution is 2.18. The minimum Gasteiger partial charge on any atom is -0.462 e. The first-order chi connectivity index (χ1) is 29.5. The molecule has 356 valence electrons. The maximum Gasteiger partial charge on any atom is 0.306 e. The topological polar surface area (TPSA) is 95.9 Å². The predicted molar refractivity (Wildman–Crippen MR) is 260 cm³/mol. The van der Waals surface area contributed by atoms with E-state index in [1.807, 2.05) is 0 Å². The molecule has 0 fully saturated rings. The van der Waals surface area contributed by atoms with Crippen molar-refractivity contribution in [2.24, 2.45) is 0 Å². The molecule has 6 heteroatoms. The minimum absolute atomic E-state index is 0.0742. The molecule has 0 aromatic carbocycles. The molecule has 0 saturated carbocycles. The van der Waals surface area contributed by atoms with Crippen LogP contribution in [0.4, 0.5) is 0 Å². The molecule has 0 radical (unpaired) electrons. The first kappa shape index (κ1) is 58.6. The van der Waals surface area contributed by atoms with Gasteiger partial charge in [0.1, 0.15) is 6.10 Å². The molecule has 3 unspecified atom stereocenters. The molecule has 0 saturated heterocycles. The van der Waals surface area contributed by atoms with Gasteiger partial charge in [-0.2, -0.15) is 0 Å². The molecule has 3 atom stereocenters. The maximum atomic E-state index is 13.2. The number of carbonyl (C=O) groups excluding carboxylic acids is 2. The zero-order chi connectivity index (χ0) is 43.8. The number of ether oxygens (including phenoxy) is 1.